The van der Waals surface area contributed by atoms with Crippen LogP contribution in [0.15, 0.2) is 24.3 Å². The molecule has 1 saturated heterocycles. The van der Waals surface area contributed by atoms with Crippen molar-refractivity contribution in [1.82, 2.24) is 4.90 Å². The van der Waals surface area contributed by atoms with Crippen LogP contribution in [0.5, 0.6) is 11.5 Å². The third-order valence-corrected chi connectivity index (χ3v) is 5.70. The van der Waals surface area contributed by atoms with Crippen LogP contribution in [-0.4, -0.2) is 42.6 Å². The smallest absolute Gasteiger partial charge is 0.231 e. The predicted octanol–water partition coefficient (Wildman–Crippen LogP) is 1.71. The zero-order chi connectivity index (χ0) is 14.9. The van der Waals surface area contributed by atoms with Crippen molar-refractivity contribution in [2.75, 3.05) is 20.4 Å². The van der Waals surface area contributed by atoms with Gasteiger partial charge in [0.25, 0.3) is 0 Å². The van der Waals surface area contributed by atoms with Crippen LogP contribution in [0.1, 0.15) is 30.2 Å². The second kappa shape index (κ2) is 4.25. The van der Waals surface area contributed by atoms with Crippen LogP contribution in [0, 0.1) is 0 Å². The molecule has 4 aliphatic rings. The Balaban J connectivity index is 1.76. The highest BCUT2D eigenvalue weighted by Crippen LogP contribution is 2.56. The van der Waals surface area contributed by atoms with Crippen LogP contribution in [-0.2, 0) is 10.2 Å². The highest BCUT2D eigenvalue weighted by molar-refractivity contribution is 5.56. The van der Waals surface area contributed by atoms with Crippen LogP contribution in [0.4, 0.5) is 0 Å². The van der Waals surface area contributed by atoms with Gasteiger partial charge in [-0.2, -0.15) is 0 Å². The first-order valence-corrected chi connectivity index (χ1v) is 7.83. The average Bonchev–Trinajstić information content (AvgIpc) is 3.09. The lowest BCUT2D eigenvalue weighted by Gasteiger charge is -2.48. The van der Waals surface area contributed by atoms with Gasteiger partial charge in [0, 0.05) is 30.7 Å². The van der Waals surface area contributed by atoms with E-state index in [4.69, 9.17) is 14.2 Å². The first-order chi connectivity index (χ1) is 10.7. The van der Waals surface area contributed by atoms with Crippen molar-refractivity contribution in [1.29, 1.82) is 0 Å². The third-order valence-electron chi connectivity index (χ3n) is 5.70. The Kier molecular flexibility index (Phi) is 2.50. The zero-order valence-electron chi connectivity index (χ0n) is 12.5. The highest BCUT2D eigenvalue weighted by Gasteiger charge is 2.56. The molecule has 5 rings (SSSR count). The second-order valence-corrected chi connectivity index (χ2v) is 6.59. The molecular formula is C17H19NO4. The van der Waals surface area contributed by atoms with Crippen LogP contribution in [0.25, 0.3) is 0 Å². The Labute approximate surface area is 129 Å². The van der Waals surface area contributed by atoms with E-state index in [9.17, 15) is 5.11 Å². The fourth-order valence-corrected chi connectivity index (χ4v) is 4.75. The summed E-state index contributed by atoms with van der Waals surface area (Å²) < 4.78 is 16.9. The molecule has 1 aliphatic carbocycles. The summed E-state index contributed by atoms with van der Waals surface area (Å²) in [6.07, 6.45) is 5.51. The Bertz CT molecular complexity index is 673. The molecule has 5 heteroatoms. The van der Waals surface area contributed by atoms with Crippen LogP contribution in [0.3, 0.4) is 0 Å². The van der Waals surface area contributed by atoms with E-state index in [-0.39, 0.29) is 30.6 Å². The molecule has 116 valence electrons. The highest BCUT2D eigenvalue weighted by atomic mass is 16.7. The van der Waals surface area contributed by atoms with E-state index >= 15 is 0 Å². The fraction of sp³-hybridized carbons (Fsp3) is 0.529. The monoisotopic (exact) mass is 301 g/mol. The van der Waals surface area contributed by atoms with Gasteiger partial charge >= 0.3 is 0 Å². The van der Waals surface area contributed by atoms with E-state index in [0.717, 1.165) is 30.9 Å². The van der Waals surface area contributed by atoms with E-state index < -0.39 is 0 Å². The Morgan fingerprint density at radius 1 is 1.32 bits per heavy atom. The minimum Gasteiger partial charge on any atom is -0.454 e. The van der Waals surface area contributed by atoms with Crippen molar-refractivity contribution in [2.45, 2.75) is 36.6 Å². The van der Waals surface area contributed by atoms with Gasteiger partial charge in [-0.15, -0.1) is 0 Å². The molecule has 0 aromatic heterocycles. The lowest BCUT2D eigenvalue weighted by molar-refractivity contribution is -0.0646. The molecule has 2 bridgehead atoms. The summed E-state index contributed by atoms with van der Waals surface area (Å²) in [5, 5.41) is 10.1. The minimum absolute atomic E-state index is 0.0371. The molecule has 0 radical (unpaired) electrons. The number of hydrogen-bond acceptors (Lipinski definition) is 5. The predicted molar refractivity (Wildman–Crippen MR) is 78.9 cm³/mol. The molecule has 1 aromatic carbocycles. The maximum atomic E-state index is 10.1. The Morgan fingerprint density at radius 2 is 2.14 bits per heavy atom. The van der Waals surface area contributed by atoms with Gasteiger partial charge < -0.3 is 19.3 Å². The van der Waals surface area contributed by atoms with Crippen LogP contribution < -0.4 is 9.47 Å². The van der Waals surface area contributed by atoms with Gasteiger partial charge in [0.05, 0.1) is 6.10 Å². The molecule has 0 amide bonds. The number of ether oxygens (including phenoxy) is 3. The molecule has 1 fully saturated rings. The molecule has 1 aromatic rings. The van der Waals surface area contributed by atoms with Crippen molar-refractivity contribution in [2.24, 2.45) is 0 Å². The molecule has 1 N–H and O–H groups in total. The first kappa shape index (κ1) is 12.9. The van der Waals surface area contributed by atoms with Crippen molar-refractivity contribution in [3.63, 3.8) is 0 Å². The molecule has 5 atom stereocenters. The molecule has 3 unspecified atom stereocenters. The number of fused-ring (bicyclic) bond motifs is 2. The first-order valence-electron chi connectivity index (χ1n) is 7.83. The Hall–Kier alpha value is -1.56. The maximum Gasteiger partial charge on any atom is 0.231 e. The lowest BCUT2D eigenvalue weighted by Crippen LogP contribution is -2.51. The summed E-state index contributed by atoms with van der Waals surface area (Å²) in [7, 11) is 1.75. The summed E-state index contributed by atoms with van der Waals surface area (Å²) in [6.45, 7) is 1.26. The van der Waals surface area contributed by atoms with Gasteiger partial charge in [0.1, 0.15) is 6.23 Å². The molecular weight excluding hydrogens is 282 g/mol. The van der Waals surface area contributed by atoms with Gasteiger partial charge in [-0.1, -0.05) is 12.2 Å². The number of hydrogen-bond donors (Lipinski definition) is 1. The molecule has 3 aliphatic heterocycles. The Morgan fingerprint density at radius 3 is 2.95 bits per heavy atom. The molecule has 0 saturated carbocycles. The fourth-order valence-electron chi connectivity index (χ4n) is 4.75. The van der Waals surface area contributed by atoms with E-state index in [1.807, 2.05) is 6.08 Å². The van der Waals surface area contributed by atoms with E-state index in [1.165, 1.54) is 11.1 Å². The largest absolute Gasteiger partial charge is 0.454 e. The van der Waals surface area contributed by atoms with Gasteiger partial charge in [-0.3, -0.25) is 4.90 Å². The standard InChI is InChI=1S/C17H19NO4/c1-20-16-11-7-13-14(22-9-21-13)8-12(11)17-3-2-10(19)6-15(17)18(16)5-4-17/h2-3,7-8,10,15-16,19H,4-6,9H2,1H3/t10?,15-,16?,17-/m1/s1. The van der Waals surface area contributed by atoms with Crippen molar-refractivity contribution >= 4 is 0 Å². The summed E-state index contributed by atoms with van der Waals surface area (Å²) >= 11 is 0. The van der Waals surface area contributed by atoms with Crippen molar-refractivity contribution in [3.05, 3.63) is 35.4 Å². The summed E-state index contributed by atoms with van der Waals surface area (Å²) in [5.74, 6) is 1.62. The molecule has 0 spiro atoms. The number of aliphatic hydroxyl groups excluding tert-OH is 1. The number of nitrogens with zero attached hydrogens (tertiary/aromatic N) is 1. The number of rotatable bonds is 1. The number of aliphatic hydroxyl groups is 1. The summed E-state index contributed by atoms with van der Waals surface area (Å²) in [6, 6.07) is 4.48. The quantitative estimate of drug-likeness (QED) is 0.800. The summed E-state index contributed by atoms with van der Waals surface area (Å²) in [4.78, 5) is 2.39. The maximum absolute atomic E-state index is 10.1. The zero-order valence-corrected chi connectivity index (χ0v) is 12.5. The van der Waals surface area contributed by atoms with Crippen molar-refractivity contribution in [3.8, 4) is 11.5 Å². The summed E-state index contributed by atoms with van der Waals surface area (Å²) in [5.41, 5.74) is 2.40. The van der Waals surface area contributed by atoms with E-state index in [0.29, 0.717) is 0 Å². The third kappa shape index (κ3) is 1.44. The topological polar surface area (TPSA) is 51.2 Å². The average molecular weight is 301 g/mol. The molecule has 22 heavy (non-hydrogen) atoms. The molecule has 5 nitrogen and oxygen atoms in total. The molecule has 3 heterocycles. The van der Waals surface area contributed by atoms with Gasteiger partial charge in [0.15, 0.2) is 11.5 Å². The van der Waals surface area contributed by atoms with E-state index in [2.05, 4.69) is 23.1 Å². The number of benzene rings is 1. The second-order valence-electron chi connectivity index (χ2n) is 6.59. The lowest BCUT2D eigenvalue weighted by atomic mass is 9.66. The number of methoxy groups -OCH3 is 1. The van der Waals surface area contributed by atoms with Gasteiger partial charge in [0.2, 0.25) is 6.79 Å². The minimum atomic E-state index is -0.369. The SMILES string of the molecule is COC1c2cc3c(cc2[C@]24C=CC(O)C[C@H]2N1CC4)OCO3. The van der Waals surface area contributed by atoms with E-state index in [1.54, 1.807) is 7.11 Å². The van der Waals surface area contributed by atoms with Crippen molar-refractivity contribution < 1.29 is 19.3 Å². The van der Waals surface area contributed by atoms with Gasteiger partial charge in [-0.05, 0) is 30.5 Å². The van der Waals surface area contributed by atoms with Gasteiger partial charge in [-0.25, -0.2) is 0 Å². The van der Waals surface area contributed by atoms with Crippen LogP contribution >= 0.6 is 0 Å². The van der Waals surface area contributed by atoms with Crippen LogP contribution in [0.2, 0.25) is 0 Å². The normalized spacial score (nSPS) is 40.5.